The van der Waals surface area contributed by atoms with Crippen LogP contribution in [0.5, 0.6) is 0 Å². The van der Waals surface area contributed by atoms with E-state index in [1.807, 2.05) is 0 Å². The Balaban J connectivity index is 2.17. The molecule has 21 heavy (non-hydrogen) atoms. The van der Waals surface area contributed by atoms with Crippen LogP contribution in [0.2, 0.25) is 0 Å². The number of hydrogen-bond acceptors (Lipinski definition) is 1. The Labute approximate surface area is 121 Å². The lowest BCUT2D eigenvalue weighted by Crippen LogP contribution is -2.07. The van der Waals surface area contributed by atoms with Crippen LogP contribution in [-0.2, 0) is 4.79 Å². The zero-order chi connectivity index (χ0) is 15.2. The molecule has 0 saturated heterocycles. The molecular formula is C17H13F2NO. The normalized spacial score (nSPS) is 10.6. The summed E-state index contributed by atoms with van der Waals surface area (Å²) in [5, 5.41) is 2.47. The van der Waals surface area contributed by atoms with Crippen molar-refractivity contribution >= 4 is 23.7 Å². The first-order chi connectivity index (χ1) is 10.1. The van der Waals surface area contributed by atoms with Crippen molar-refractivity contribution in [1.82, 2.24) is 0 Å². The lowest BCUT2D eigenvalue weighted by atomic mass is 10.1. The summed E-state index contributed by atoms with van der Waals surface area (Å²) in [6, 6.07) is 10.3. The topological polar surface area (TPSA) is 29.1 Å². The Morgan fingerprint density at radius 2 is 1.90 bits per heavy atom. The van der Waals surface area contributed by atoms with Gasteiger partial charge in [-0.1, -0.05) is 30.9 Å². The first-order valence-corrected chi connectivity index (χ1v) is 6.25. The highest BCUT2D eigenvalue weighted by atomic mass is 19.1. The Kier molecular flexibility index (Phi) is 4.61. The van der Waals surface area contributed by atoms with Crippen LogP contribution in [0.1, 0.15) is 11.1 Å². The van der Waals surface area contributed by atoms with Crippen molar-refractivity contribution in [2.45, 2.75) is 0 Å². The van der Waals surface area contributed by atoms with Gasteiger partial charge in [-0.25, -0.2) is 8.78 Å². The minimum Gasteiger partial charge on any atom is -0.322 e. The molecule has 0 fully saturated rings. The largest absolute Gasteiger partial charge is 0.322 e. The first-order valence-electron chi connectivity index (χ1n) is 6.25. The number of nitrogens with one attached hydrogen (secondary N) is 1. The van der Waals surface area contributed by atoms with Gasteiger partial charge in [0.25, 0.3) is 0 Å². The average molecular weight is 285 g/mol. The number of carbonyl (C=O) groups is 1. The van der Waals surface area contributed by atoms with Gasteiger partial charge < -0.3 is 5.32 Å². The lowest BCUT2D eigenvalue weighted by Gasteiger charge is -2.04. The lowest BCUT2D eigenvalue weighted by molar-refractivity contribution is -0.111. The molecule has 2 nitrogen and oxygen atoms in total. The smallest absolute Gasteiger partial charge is 0.247 e. The molecule has 0 radical (unpaired) electrons. The van der Waals surface area contributed by atoms with Gasteiger partial charge in [0, 0.05) is 11.3 Å². The molecule has 0 aliphatic rings. The van der Waals surface area contributed by atoms with Crippen LogP contribution >= 0.6 is 0 Å². The van der Waals surface area contributed by atoms with Crippen LogP contribution in [0.3, 0.4) is 0 Å². The molecule has 0 atom stereocenters. The number of carbonyl (C=O) groups excluding carboxylic acids is 1. The molecule has 0 heterocycles. The zero-order valence-corrected chi connectivity index (χ0v) is 11.1. The van der Waals surface area contributed by atoms with Crippen molar-refractivity contribution in [2.24, 2.45) is 0 Å². The minimum atomic E-state index is -0.482. The maximum absolute atomic E-state index is 13.9. The van der Waals surface area contributed by atoms with Crippen LogP contribution in [-0.4, -0.2) is 5.91 Å². The molecule has 0 aliphatic heterocycles. The van der Waals surface area contributed by atoms with E-state index in [1.54, 1.807) is 30.4 Å². The van der Waals surface area contributed by atoms with E-state index in [1.165, 1.54) is 24.3 Å². The SMILES string of the molecule is C=CC(=O)Nc1ccc(/C=C/c2cccc(F)c2)c(F)c1. The Bertz CT molecular complexity index is 708. The fraction of sp³-hybridized carbons (Fsp3) is 0. The van der Waals surface area contributed by atoms with E-state index in [0.29, 0.717) is 16.8 Å². The van der Waals surface area contributed by atoms with E-state index in [9.17, 15) is 13.6 Å². The van der Waals surface area contributed by atoms with E-state index >= 15 is 0 Å². The second kappa shape index (κ2) is 6.61. The number of hydrogen-bond donors (Lipinski definition) is 1. The van der Waals surface area contributed by atoms with Crippen LogP contribution < -0.4 is 5.32 Å². The van der Waals surface area contributed by atoms with Crippen molar-refractivity contribution in [3.63, 3.8) is 0 Å². The van der Waals surface area contributed by atoms with Gasteiger partial charge in [-0.15, -0.1) is 0 Å². The quantitative estimate of drug-likeness (QED) is 0.660. The third-order valence-electron chi connectivity index (χ3n) is 2.76. The molecule has 4 heteroatoms. The van der Waals surface area contributed by atoms with E-state index in [2.05, 4.69) is 11.9 Å². The van der Waals surface area contributed by atoms with E-state index in [0.717, 1.165) is 6.08 Å². The van der Waals surface area contributed by atoms with Crippen LogP contribution in [0.15, 0.2) is 55.1 Å². The summed E-state index contributed by atoms with van der Waals surface area (Å²) >= 11 is 0. The fourth-order valence-corrected chi connectivity index (χ4v) is 1.73. The van der Waals surface area contributed by atoms with Crippen molar-refractivity contribution in [1.29, 1.82) is 0 Å². The van der Waals surface area contributed by atoms with E-state index < -0.39 is 11.7 Å². The van der Waals surface area contributed by atoms with Crippen LogP contribution in [0.4, 0.5) is 14.5 Å². The molecule has 1 amide bonds. The van der Waals surface area contributed by atoms with Crippen molar-refractivity contribution in [3.8, 4) is 0 Å². The molecule has 106 valence electrons. The van der Waals surface area contributed by atoms with Gasteiger partial charge in [0.05, 0.1) is 0 Å². The van der Waals surface area contributed by atoms with Crippen LogP contribution in [0.25, 0.3) is 12.2 Å². The van der Waals surface area contributed by atoms with Gasteiger partial charge in [0.15, 0.2) is 0 Å². The molecule has 0 aromatic heterocycles. The highest BCUT2D eigenvalue weighted by Gasteiger charge is 2.03. The standard InChI is InChI=1S/C17H13F2NO/c1-2-17(21)20-15-9-8-13(16(19)11-15)7-6-12-4-3-5-14(18)10-12/h2-11H,1H2,(H,20,21)/b7-6+. The number of amides is 1. The molecule has 0 aliphatic carbocycles. The van der Waals surface area contributed by atoms with Gasteiger partial charge >= 0.3 is 0 Å². The summed E-state index contributed by atoms with van der Waals surface area (Å²) < 4.78 is 26.9. The predicted octanol–water partition coefficient (Wildman–Crippen LogP) is 4.26. The molecule has 2 rings (SSSR count). The molecule has 0 bridgehead atoms. The van der Waals surface area contributed by atoms with Gasteiger partial charge in [-0.2, -0.15) is 0 Å². The summed E-state index contributed by atoms with van der Waals surface area (Å²) in [5.74, 6) is -1.23. The number of benzene rings is 2. The molecule has 1 N–H and O–H groups in total. The summed E-state index contributed by atoms with van der Waals surface area (Å²) in [7, 11) is 0. The van der Waals surface area contributed by atoms with E-state index in [4.69, 9.17) is 0 Å². The third-order valence-corrected chi connectivity index (χ3v) is 2.76. The molecule has 0 saturated carbocycles. The Morgan fingerprint density at radius 3 is 2.57 bits per heavy atom. The number of halogens is 2. The van der Waals surface area contributed by atoms with Crippen LogP contribution in [0, 0.1) is 11.6 Å². The summed E-state index contributed by atoms with van der Waals surface area (Å²) in [6.45, 7) is 3.32. The number of rotatable bonds is 4. The molecular weight excluding hydrogens is 272 g/mol. The maximum atomic E-state index is 13.9. The highest BCUT2D eigenvalue weighted by molar-refractivity contribution is 5.98. The van der Waals surface area contributed by atoms with Gasteiger partial charge in [-0.05, 0) is 42.0 Å². The average Bonchev–Trinajstić information content (AvgIpc) is 2.46. The molecule has 2 aromatic carbocycles. The number of anilines is 1. The van der Waals surface area contributed by atoms with Crippen molar-refractivity contribution in [3.05, 3.63) is 77.9 Å². The first kappa shape index (κ1) is 14.7. The van der Waals surface area contributed by atoms with Gasteiger partial charge in [0.1, 0.15) is 11.6 Å². The summed E-state index contributed by atoms with van der Waals surface area (Å²) in [4.78, 5) is 11.1. The van der Waals surface area contributed by atoms with Crippen molar-refractivity contribution in [2.75, 3.05) is 5.32 Å². The molecule has 0 unspecified atom stereocenters. The molecule has 0 spiro atoms. The van der Waals surface area contributed by atoms with Gasteiger partial charge in [-0.3, -0.25) is 4.79 Å². The summed E-state index contributed by atoms with van der Waals surface area (Å²) in [6.07, 6.45) is 4.27. The third kappa shape index (κ3) is 4.11. The monoisotopic (exact) mass is 285 g/mol. The van der Waals surface area contributed by atoms with Gasteiger partial charge in [0.2, 0.25) is 5.91 Å². The van der Waals surface area contributed by atoms with Crippen molar-refractivity contribution < 1.29 is 13.6 Å². The minimum absolute atomic E-state index is 0.343. The van der Waals surface area contributed by atoms with E-state index in [-0.39, 0.29) is 5.82 Å². The summed E-state index contributed by atoms with van der Waals surface area (Å²) in [5.41, 5.74) is 1.33. The Morgan fingerprint density at radius 1 is 1.10 bits per heavy atom. The zero-order valence-electron chi connectivity index (χ0n) is 11.1. The fourth-order valence-electron chi connectivity index (χ4n) is 1.73. The highest BCUT2D eigenvalue weighted by Crippen LogP contribution is 2.17. The second-order valence-corrected chi connectivity index (χ2v) is 4.32. The second-order valence-electron chi connectivity index (χ2n) is 4.32. The maximum Gasteiger partial charge on any atom is 0.247 e. The predicted molar refractivity (Wildman–Crippen MR) is 80.6 cm³/mol. The molecule has 2 aromatic rings. The Hall–Kier alpha value is -2.75.